The average Bonchev–Trinajstić information content (AvgIpc) is 3.31. The van der Waals surface area contributed by atoms with Crippen molar-refractivity contribution in [1.29, 1.82) is 5.26 Å². The molecule has 2 aromatic heterocycles. The summed E-state index contributed by atoms with van der Waals surface area (Å²) in [6.07, 6.45) is -2.97. The molecule has 3 aromatic carbocycles. The number of hydrogen-bond acceptors (Lipinski definition) is 5. The second-order valence-corrected chi connectivity index (χ2v) is 14.2. The number of hydrogen-bond donors (Lipinski definition) is 1. The van der Waals surface area contributed by atoms with Crippen molar-refractivity contribution < 1.29 is 43.2 Å². The third-order valence-corrected chi connectivity index (χ3v) is 9.28. The third-order valence-electron chi connectivity index (χ3n) is 7.97. The van der Waals surface area contributed by atoms with Crippen molar-refractivity contribution in [2.75, 3.05) is 0 Å². The number of halogens is 3. The molecule has 2 heterocycles. The second kappa shape index (κ2) is 14.7. The maximum absolute atomic E-state index is 11.6. The number of carbonyl (C=O) groups is 1. The van der Waals surface area contributed by atoms with Gasteiger partial charge < -0.3 is 5.11 Å². The number of aliphatic hydroxyl groups is 1. The Morgan fingerprint density at radius 3 is 2.19 bits per heavy atom. The fourth-order valence-corrected chi connectivity index (χ4v) is 7.18. The molecular formula is C39H38F3IrN2O2S-. The number of benzene rings is 3. The first kappa shape index (κ1) is 38.6. The summed E-state index contributed by atoms with van der Waals surface area (Å²) < 4.78 is 35.8. The van der Waals surface area contributed by atoms with Gasteiger partial charge in [-0.05, 0) is 55.4 Å². The van der Waals surface area contributed by atoms with Crippen LogP contribution in [0.4, 0.5) is 13.2 Å². The SMILES string of the molecule is CC(C)/C(O)=C/C(=O)C(F)(F)F.Cc1cc(C)c(-c2sc3c(-c4[c-]c5ccccc5c(C(C)(C)C)c4)ncc(C#N)c3c2C)c(C)c1.[Ir]. The van der Waals surface area contributed by atoms with E-state index in [1.165, 1.54) is 51.9 Å². The number of ketones is 1. The number of nitriles is 1. The summed E-state index contributed by atoms with van der Waals surface area (Å²) in [6, 6.07) is 21.2. The van der Waals surface area contributed by atoms with Gasteiger partial charge in [0.15, 0.2) is 0 Å². The number of aromatic nitrogens is 1. The monoisotopic (exact) mass is 848 g/mol. The smallest absolute Gasteiger partial charge is 0.454 e. The molecule has 5 rings (SSSR count). The van der Waals surface area contributed by atoms with Crippen LogP contribution in [0.3, 0.4) is 0 Å². The van der Waals surface area contributed by atoms with Gasteiger partial charge in [0.05, 0.1) is 11.3 Å². The number of fused-ring (bicyclic) bond motifs is 2. The number of thiophene rings is 1. The molecule has 0 aliphatic carbocycles. The predicted octanol–water partition coefficient (Wildman–Crippen LogP) is 11.2. The molecule has 1 radical (unpaired) electrons. The molecule has 48 heavy (non-hydrogen) atoms. The van der Waals surface area contributed by atoms with Gasteiger partial charge in [-0.15, -0.1) is 40.5 Å². The van der Waals surface area contributed by atoms with Crippen molar-refractivity contribution in [3.05, 3.63) is 99.9 Å². The van der Waals surface area contributed by atoms with Crippen molar-refractivity contribution in [1.82, 2.24) is 4.98 Å². The zero-order chi connectivity index (χ0) is 35.0. The van der Waals surface area contributed by atoms with Gasteiger partial charge in [-0.1, -0.05) is 81.5 Å². The summed E-state index contributed by atoms with van der Waals surface area (Å²) in [6.45, 7) is 18.3. The molecule has 0 saturated heterocycles. The van der Waals surface area contributed by atoms with Gasteiger partial charge >= 0.3 is 6.18 Å². The Kier molecular flexibility index (Phi) is 11.9. The quantitative estimate of drug-likeness (QED) is 0.111. The molecule has 0 aliphatic heterocycles. The molecule has 5 aromatic rings. The maximum atomic E-state index is 11.6. The Labute approximate surface area is 297 Å². The largest absolute Gasteiger partial charge is 0.512 e. The molecule has 9 heteroatoms. The van der Waals surface area contributed by atoms with Gasteiger partial charge in [0.1, 0.15) is 6.07 Å². The molecule has 0 bridgehead atoms. The predicted molar refractivity (Wildman–Crippen MR) is 186 cm³/mol. The van der Waals surface area contributed by atoms with E-state index in [1.54, 1.807) is 17.5 Å². The Morgan fingerprint density at radius 1 is 1.04 bits per heavy atom. The van der Waals surface area contributed by atoms with Crippen LogP contribution >= 0.6 is 11.3 Å². The number of aryl methyl sites for hydroxylation is 4. The number of aliphatic hydroxyl groups excluding tert-OH is 1. The minimum absolute atomic E-state index is 0. The van der Waals surface area contributed by atoms with Crippen LogP contribution < -0.4 is 0 Å². The molecule has 0 atom stereocenters. The van der Waals surface area contributed by atoms with Crippen LogP contribution in [0.2, 0.25) is 0 Å². The van der Waals surface area contributed by atoms with Gasteiger partial charge in [-0.2, -0.15) is 18.4 Å². The van der Waals surface area contributed by atoms with E-state index in [0.29, 0.717) is 5.56 Å². The van der Waals surface area contributed by atoms with E-state index in [-0.39, 0.29) is 31.6 Å². The molecule has 0 unspecified atom stereocenters. The number of allylic oxidation sites excluding steroid dienone is 2. The van der Waals surface area contributed by atoms with E-state index in [0.717, 1.165) is 32.3 Å². The Hall–Kier alpha value is -3.83. The molecule has 1 N–H and O–H groups in total. The molecule has 0 amide bonds. The van der Waals surface area contributed by atoms with Crippen LogP contribution in [-0.2, 0) is 30.3 Å². The fraction of sp³-hybridized carbons (Fsp3) is 0.308. The fourth-order valence-electron chi connectivity index (χ4n) is 5.67. The van der Waals surface area contributed by atoms with E-state index < -0.39 is 23.6 Å². The second-order valence-electron chi connectivity index (χ2n) is 13.1. The zero-order valence-electron chi connectivity index (χ0n) is 28.4. The summed E-state index contributed by atoms with van der Waals surface area (Å²) in [4.78, 5) is 16.3. The Bertz CT molecular complexity index is 2060. The van der Waals surface area contributed by atoms with E-state index in [4.69, 9.17) is 10.1 Å². The van der Waals surface area contributed by atoms with E-state index in [9.17, 15) is 23.2 Å². The van der Waals surface area contributed by atoms with Crippen LogP contribution in [-0.4, -0.2) is 22.1 Å². The summed E-state index contributed by atoms with van der Waals surface area (Å²) in [5.74, 6) is -3.07. The van der Waals surface area contributed by atoms with Gasteiger partial charge in [0, 0.05) is 59.0 Å². The van der Waals surface area contributed by atoms with Crippen molar-refractivity contribution in [2.24, 2.45) is 5.92 Å². The summed E-state index contributed by atoms with van der Waals surface area (Å²) in [7, 11) is 0. The molecular weight excluding hydrogens is 810 g/mol. The molecule has 253 valence electrons. The molecule has 0 spiro atoms. The Morgan fingerprint density at radius 2 is 1.65 bits per heavy atom. The minimum Gasteiger partial charge on any atom is -0.512 e. The first-order valence-corrected chi connectivity index (χ1v) is 16.0. The normalized spacial score (nSPS) is 12.0. The van der Waals surface area contributed by atoms with Crippen LogP contribution in [0.5, 0.6) is 0 Å². The van der Waals surface area contributed by atoms with Crippen molar-refractivity contribution >= 4 is 38.0 Å². The summed E-state index contributed by atoms with van der Waals surface area (Å²) in [5.41, 5.74) is 9.96. The number of pyridine rings is 1. The minimum atomic E-state index is -4.90. The topological polar surface area (TPSA) is 74.0 Å². The number of nitrogens with zero attached hydrogens (tertiary/aromatic N) is 2. The third kappa shape index (κ3) is 8.06. The van der Waals surface area contributed by atoms with Crippen molar-refractivity contribution in [2.45, 2.75) is 73.9 Å². The summed E-state index contributed by atoms with van der Waals surface area (Å²) in [5, 5.41) is 22.1. The number of alkyl halides is 3. The number of rotatable bonds is 4. The van der Waals surface area contributed by atoms with Crippen molar-refractivity contribution in [3.63, 3.8) is 0 Å². The van der Waals surface area contributed by atoms with E-state index >= 15 is 0 Å². The van der Waals surface area contributed by atoms with Gasteiger partial charge in [-0.25, -0.2) is 0 Å². The molecule has 0 fully saturated rings. The van der Waals surface area contributed by atoms with Crippen LogP contribution in [0.15, 0.2) is 60.5 Å². The standard InChI is InChI=1S/C32H29N2S.C7H9F3O2.Ir/c1-18-12-19(2)27(20(3)13-18)30-21(4)28-24(16-33)17-34-29(31(28)35-30)23-14-22-10-8-9-11-25(22)26(15-23)32(5,6)7;1-4(2)5(11)3-6(12)7(8,9)10;/h8-13,15,17H,1-7H3;3-4,11H,1-2H3;/q-1;;/b;5-3-;. The van der Waals surface area contributed by atoms with Crippen LogP contribution in [0.25, 0.3) is 42.6 Å². The molecule has 4 nitrogen and oxygen atoms in total. The first-order valence-electron chi connectivity index (χ1n) is 15.2. The van der Waals surface area contributed by atoms with Gasteiger partial charge in [-0.3, -0.25) is 9.78 Å². The average molecular weight is 848 g/mol. The van der Waals surface area contributed by atoms with Crippen LogP contribution in [0, 0.1) is 51.0 Å². The summed E-state index contributed by atoms with van der Waals surface area (Å²) >= 11 is 1.75. The Balaban J connectivity index is 0.000000413. The van der Waals surface area contributed by atoms with Crippen LogP contribution in [0.1, 0.15) is 68.0 Å². The first-order chi connectivity index (χ1) is 21.8. The van der Waals surface area contributed by atoms with E-state index in [2.05, 4.69) is 103 Å². The van der Waals surface area contributed by atoms with E-state index in [1.807, 2.05) is 0 Å². The number of carbonyl (C=O) groups excluding carboxylic acids is 1. The van der Waals surface area contributed by atoms with Crippen molar-refractivity contribution in [3.8, 4) is 27.8 Å². The van der Waals surface area contributed by atoms with Gasteiger partial charge in [0.2, 0.25) is 0 Å². The maximum Gasteiger partial charge on any atom is 0.454 e. The molecule has 0 aliphatic rings. The molecule has 0 saturated carbocycles. The zero-order valence-corrected chi connectivity index (χ0v) is 31.6. The van der Waals surface area contributed by atoms with Gasteiger partial charge in [0.25, 0.3) is 5.78 Å².